The molecular formula is C21H32N4O2. The largest absolute Gasteiger partial charge is 0.348 e. The number of nitrogens with one attached hydrogen (secondary N) is 1. The molecule has 2 atom stereocenters. The Hall–Kier alpha value is -1.95. The molecule has 0 aromatic rings. The van der Waals surface area contributed by atoms with Gasteiger partial charge in [0.2, 0.25) is 5.91 Å². The molecule has 3 rings (SSSR count). The van der Waals surface area contributed by atoms with Crippen LogP contribution in [-0.2, 0) is 9.59 Å². The van der Waals surface area contributed by atoms with Gasteiger partial charge in [0.25, 0.3) is 5.91 Å². The van der Waals surface area contributed by atoms with Gasteiger partial charge in [0, 0.05) is 24.8 Å². The van der Waals surface area contributed by atoms with Crippen molar-refractivity contribution in [3.63, 3.8) is 0 Å². The first-order valence-electron chi connectivity index (χ1n) is 9.91. The highest BCUT2D eigenvalue weighted by Crippen LogP contribution is 2.30. The van der Waals surface area contributed by atoms with Crippen LogP contribution in [0.4, 0.5) is 0 Å². The first-order chi connectivity index (χ1) is 12.6. The Bertz CT molecular complexity index is 722. The van der Waals surface area contributed by atoms with E-state index >= 15 is 0 Å². The van der Waals surface area contributed by atoms with Gasteiger partial charge in [-0.05, 0) is 70.7 Å². The van der Waals surface area contributed by atoms with Gasteiger partial charge in [0.1, 0.15) is 11.4 Å². The normalized spacial score (nSPS) is 29.1. The summed E-state index contributed by atoms with van der Waals surface area (Å²) in [5.74, 6) is 0.870. The fourth-order valence-corrected chi connectivity index (χ4v) is 4.30. The number of nitrogens with zero attached hydrogens (tertiary/aromatic N) is 3. The Morgan fingerprint density at radius 3 is 2.89 bits per heavy atom. The molecule has 0 aliphatic carbocycles. The van der Waals surface area contributed by atoms with Crippen molar-refractivity contribution in [2.45, 2.75) is 65.0 Å². The van der Waals surface area contributed by atoms with Gasteiger partial charge in [-0.2, -0.15) is 4.99 Å². The molecule has 0 aromatic heterocycles. The van der Waals surface area contributed by atoms with Crippen LogP contribution < -0.4 is 5.32 Å². The number of carbonyl (C=O) groups is 2. The van der Waals surface area contributed by atoms with Crippen LogP contribution in [0.1, 0.15) is 53.9 Å². The summed E-state index contributed by atoms with van der Waals surface area (Å²) in [6.07, 6.45) is 8.22. The van der Waals surface area contributed by atoms with Gasteiger partial charge >= 0.3 is 0 Å². The summed E-state index contributed by atoms with van der Waals surface area (Å²) in [6.45, 7) is 13.1. The maximum atomic E-state index is 13.3. The molecular weight excluding hydrogens is 340 g/mol. The van der Waals surface area contributed by atoms with Gasteiger partial charge in [-0.1, -0.05) is 6.92 Å². The monoisotopic (exact) mass is 372 g/mol. The zero-order chi connectivity index (χ0) is 19.8. The van der Waals surface area contributed by atoms with Crippen molar-refractivity contribution in [3.8, 4) is 0 Å². The lowest BCUT2D eigenvalue weighted by Gasteiger charge is -2.44. The van der Waals surface area contributed by atoms with Crippen molar-refractivity contribution in [3.05, 3.63) is 23.9 Å². The second-order valence-corrected chi connectivity index (χ2v) is 9.21. The highest BCUT2D eigenvalue weighted by atomic mass is 16.2. The number of hydrogen-bond donors (Lipinski definition) is 1. The van der Waals surface area contributed by atoms with Crippen LogP contribution in [0.3, 0.4) is 0 Å². The molecule has 0 bridgehead atoms. The van der Waals surface area contributed by atoms with Crippen LogP contribution in [0.25, 0.3) is 0 Å². The lowest BCUT2D eigenvalue weighted by Crippen LogP contribution is -2.64. The predicted octanol–water partition coefficient (Wildman–Crippen LogP) is 2.48. The maximum absolute atomic E-state index is 13.3. The summed E-state index contributed by atoms with van der Waals surface area (Å²) < 4.78 is 0. The number of rotatable bonds is 4. The number of likely N-dealkylation sites (tertiary alicyclic amines) is 1. The highest BCUT2D eigenvalue weighted by Gasteiger charge is 2.46. The third-order valence-electron chi connectivity index (χ3n) is 5.66. The number of fused-ring (bicyclic) bond motifs is 1. The van der Waals surface area contributed by atoms with Gasteiger partial charge in [-0.25, -0.2) is 0 Å². The van der Waals surface area contributed by atoms with Crippen LogP contribution in [0.15, 0.2) is 28.9 Å². The zero-order valence-electron chi connectivity index (χ0n) is 17.2. The van der Waals surface area contributed by atoms with Crippen molar-refractivity contribution in [2.24, 2.45) is 10.9 Å². The van der Waals surface area contributed by atoms with Crippen molar-refractivity contribution in [1.29, 1.82) is 0 Å². The standard InChI is InChI=1S/C21H32N4O2/c1-15-8-10-25-17(11-15)22-18(26)12-21(25,5)19(27)23-20(3,4)14-24-9-6-7-16(2)13-24/h8,10-11,16H,6-7,9,12-14H2,1-5H3,(H,23,27)/t16-,21+/m0/s1. The molecule has 0 spiro atoms. The summed E-state index contributed by atoms with van der Waals surface area (Å²) in [6, 6.07) is 0. The van der Waals surface area contributed by atoms with Gasteiger partial charge in [-0.3, -0.25) is 9.59 Å². The molecule has 1 N–H and O–H groups in total. The van der Waals surface area contributed by atoms with E-state index in [-0.39, 0.29) is 23.8 Å². The van der Waals surface area contributed by atoms with Crippen LogP contribution >= 0.6 is 0 Å². The first-order valence-corrected chi connectivity index (χ1v) is 9.91. The molecule has 3 heterocycles. The molecule has 148 valence electrons. The van der Waals surface area contributed by atoms with E-state index in [1.54, 1.807) is 0 Å². The fourth-order valence-electron chi connectivity index (χ4n) is 4.30. The number of amidine groups is 1. The van der Waals surface area contributed by atoms with Crippen molar-refractivity contribution in [2.75, 3.05) is 19.6 Å². The van der Waals surface area contributed by atoms with E-state index in [1.807, 2.05) is 37.1 Å². The molecule has 0 radical (unpaired) electrons. The molecule has 0 unspecified atom stereocenters. The predicted molar refractivity (Wildman–Crippen MR) is 107 cm³/mol. The molecule has 3 aliphatic rings. The van der Waals surface area contributed by atoms with E-state index in [1.165, 1.54) is 12.8 Å². The molecule has 1 saturated heterocycles. The molecule has 1 fully saturated rings. The smallest absolute Gasteiger partial charge is 0.250 e. The zero-order valence-corrected chi connectivity index (χ0v) is 17.2. The SMILES string of the molecule is CC1=CC2=NC(=O)C[C@](C)(C(=O)NC(C)(C)CN3CCC[C@H](C)C3)N2C=C1. The van der Waals surface area contributed by atoms with Crippen LogP contribution in [0.5, 0.6) is 0 Å². The number of allylic oxidation sites excluding steroid dienone is 2. The van der Waals surface area contributed by atoms with Crippen molar-refractivity contribution >= 4 is 17.6 Å². The van der Waals surface area contributed by atoms with Crippen LogP contribution in [0, 0.1) is 5.92 Å². The number of piperidine rings is 1. The average Bonchev–Trinajstić information content (AvgIpc) is 2.53. The number of amides is 2. The van der Waals surface area contributed by atoms with E-state index in [0.29, 0.717) is 11.8 Å². The molecule has 3 aliphatic heterocycles. The minimum atomic E-state index is -0.964. The van der Waals surface area contributed by atoms with Gasteiger partial charge < -0.3 is 15.1 Å². The molecule has 0 aromatic carbocycles. The summed E-state index contributed by atoms with van der Waals surface area (Å²) in [5.41, 5.74) is -0.323. The molecule has 2 amide bonds. The highest BCUT2D eigenvalue weighted by molar-refractivity contribution is 6.10. The lowest BCUT2D eigenvalue weighted by atomic mass is 9.89. The maximum Gasteiger partial charge on any atom is 0.250 e. The minimum absolute atomic E-state index is 0.0798. The van der Waals surface area contributed by atoms with Crippen LogP contribution in [-0.4, -0.2) is 58.2 Å². The summed E-state index contributed by atoms with van der Waals surface area (Å²) in [7, 11) is 0. The number of carbonyl (C=O) groups excluding carboxylic acids is 2. The molecule has 6 heteroatoms. The Labute approximate surface area is 162 Å². The first kappa shape index (κ1) is 19.8. The number of hydrogen-bond acceptors (Lipinski definition) is 4. The second-order valence-electron chi connectivity index (χ2n) is 9.21. The third kappa shape index (κ3) is 4.32. The van der Waals surface area contributed by atoms with E-state index < -0.39 is 5.54 Å². The lowest BCUT2D eigenvalue weighted by molar-refractivity contribution is -0.136. The summed E-state index contributed by atoms with van der Waals surface area (Å²) in [4.78, 5) is 33.9. The summed E-state index contributed by atoms with van der Waals surface area (Å²) >= 11 is 0. The van der Waals surface area contributed by atoms with E-state index in [9.17, 15) is 9.59 Å². The topological polar surface area (TPSA) is 65.0 Å². The second kappa shape index (κ2) is 7.23. The summed E-state index contributed by atoms with van der Waals surface area (Å²) in [5, 5.41) is 3.21. The van der Waals surface area contributed by atoms with Gasteiger partial charge in [-0.15, -0.1) is 0 Å². The quantitative estimate of drug-likeness (QED) is 0.823. The van der Waals surface area contributed by atoms with E-state index in [2.05, 4.69) is 36.0 Å². The minimum Gasteiger partial charge on any atom is -0.348 e. The molecule has 27 heavy (non-hydrogen) atoms. The van der Waals surface area contributed by atoms with Crippen molar-refractivity contribution in [1.82, 2.24) is 15.1 Å². The molecule has 0 saturated carbocycles. The van der Waals surface area contributed by atoms with Crippen LogP contribution in [0.2, 0.25) is 0 Å². The van der Waals surface area contributed by atoms with Crippen molar-refractivity contribution < 1.29 is 9.59 Å². The van der Waals surface area contributed by atoms with E-state index in [4.69, 9.17) is 0 Å². The molecule has 6 nitrogen and oxygen atoms in total. The van der Waals surface area contributed by atoms with Gasteiger partial charge in [0.15, 0.2) is 0 Å². The fraction of sp³-hybridized carbons (Fsp3) is 0.667. The Kier molecular flexibility index (Phi) is 5.30. The van der Waals surface area contributed by atoms with E-state index in [0.717, 1.165) is 25.2 Å². The Balaban J connectivity index is 1.73. The number of aliphatic imine (C=N–C) groups is 1. The Morgan fingerprint density at radius 2 is 2.19 bits per heavy atom. The Morgan fingerprint density at radius 1 is 1.44 bits per heavy atom. The average molecular weight is 373 g/mol. The van der Waals surface area contributed by atoms with Gasteiger partial charge in [0.05, 0.1) is 6.42 Å². The third-order valence-corrected chi connectivity index (χ3v) is 5.66.